The molecule has 0 saturated heterocycles. The Morgan fingerprint density at radius 3 is 2.55 bits per heavy atom. The van der Waals surface area contributed by atoms with Gasteiger partial charge in [-0.05, 0) is 37.7 Å². The smallest absolute Gasteiger partial charge is 0.263 e. The van der Waals surface area contributed by atoms with Crippen molar-refractivity contribution in [3.8, 4) is 0 Å². The fraction of sp³-hybridized carbons (Fsp3) is 0.533. The highest BCUT2D eigenvalue weighted by Gasteiger charge is 2.49. The van der Waals surface area contributed by atoms with E-state index in [0.29, 0.717) is 29.9 Å². The van der Waals surface area contributed by atoms with Crippen LogP contribution >= 0.6 is 0 Å². The summed E-state index contributed by atoms with van der Waals surface area (Å²) in [6.45, 7) is 1.99. The summed E-state index contributed by atoms with van der Waals surface area (Å²) in [5, 5.41) is 9.84. The van der Waals surface area contributed by atoms with Gasteiger partial charge in [0.25, 0.3) is 11.8 Å². The number of hydrogen-bond acceptors (Lipinski definition) is 4. The number of aliphatic hydroxyl groups excluding tert-OH is 1. The van der Waals surface area contributed by atoms with Crippen LogP contribution in [0.25, 0.3) is 0 Å². The number of pyridine rings is 1. The third-order valence-corrected chi connectivity index (χ3v) is 4.66. The van der Waals surface area contributed by atoms with Crippen LogP contribution in [-0.4, -0.2) is 39.0 Å². The van der Waals surface area contributed by atoms with E-state index in [1.54, 1.807) is 6.07 Å². The summed E-state index contributed by atoms with van der Waals surface area (Å²) in [6.07, 6.45) is 6.14. The van der Waals surface area contributed by atoms with Crippen LogP contribution in [-0.2, 0) is 0 Å². The molecule has 3 rings (SSSR count). The summed E-state index contributed by atoms with van der Waals surface area (Å²) >= 11 is 0. The standard InChI is InChI=1S/C15H18N2O3/c1-10-2-5-15(9-18,6-3-10)17-13(19)11-4-7-16-8-12(11)14(17)20/h4,7-8,10,18H,2-3,5-6,9H2,1H3. The first-order valence-corrected chi connectivity index (χ1v) is 7.03. The second-order valence-electron chi connectivity index (χ2n) is 5.93. The Bertz CT molecular complexity index is 527. The second-order valence-corrected chi connectivity index (χ2v) is 5.93. The van der Waals surface area contributed by atoms with E-state index in [-0.39, 0.29) is 18.4 Å². The van der Waals surface area contributed by atoms with Crippen LogP contribution in [0.15, 0.2) is 18.5 Å². The van der Waals surface area contributed by atoms with Gasteiger partial charge in [-0.2, -0.15) is 0 Å². The molecule has 0 unspecified atom stereocenters. The highest BCUT2D eigenvalue weighted by molar-refractivity contribution is 6.21. The largest absolute Gasteiger partial charge is 0.394 e. The molecule has 1 aliphatic heterocycles. The fourth-order valence-corrected chi connectivity index (χ4v) is 3.27. The van der Waals surface area contributed by atoms with E-state index in [0.717, 1.165) is 12.8 Å². The summed E-state index contributed by atoms with van der Waals surface area (Å²) in [5.41, 5.74) is 0.0140. The molecule has 0 atom stereocenters. The number of rotatable bonds is 2. The molecule has 1 fully saturated rings. The maximum absolute atomic E-state index is 12.5. The average Bonchev–Trinajstić information content (AvgIpc) is 2.74. The average molecular weight is 274 g/mol. The van der Waals surface area contributed by atoms with E-state index in [4.69, 9.17) is 0 Å². The molecule has 5 heteroatoms. The molecule has 1 saturated carbocycles. The Morgan fingerprint density at radius 1 is 1.30 bits per heavy atom. The minimum atomic E-state index is -0.736. The normalized spacial score (nSPS) is 29.7. The predicted octanol–water partition coefficient (Wildman–Crippen LogP) is 1.62. The van der Waals surface area contributed by atoms with Crippen molar-refractivity contribution in [1.29, 1.82) is 0 Å². The summed E-state index contributed by atoms with van der Waals surface area (Å²) in [6, 6.07) is 1.58. The molecule has 2 aliphatic rings. The minimum absolute atomic E-state index is 0.168. The Kier molecular flexibility index (Phi) is 3.09. The van der Waals surface area contributed by atoms with Gasteiger partial charge in [0.05, 0.1) is 23.3 Å². The topological polar surface area (TPSA) is 70.5 Å². The molecule has 0 aromatic carbocycles. The molecular weight excluding hydrogens is 256 g/mol. The van der Waals surface area contributed by atoms with Crippen molar-refractivity contribution in [2.45, 2.75) is 38.1 Å². The van der Waals surface area contributed by atoms with Crippen molar-refractivity contribution in [2.75, 3.05) is 6.61 Å². The van der Waals surface area contributed by atoms with Gasteiger partial charge in [-0.3, -0.25) is 19.5 Å². The Labute approximate surface area is 117 Å². The first kappa shape index (κ1) is 13.2. The van der Waals surface area contributed by atoms with E-state index >= 15 is 0 Å². The van der Waals surface area contributed by atoms with Gasteiger partial charge >= 0.3 is 0 Å². The summed E-state index contributed by atoms with van der Waals surface area (Å²) in [4.78, 5) is 30.2. The molecule has 1 aliphatic carbocycles. The predicted molar refractivity (Wildman–Crippen MR) is 72.2 cm³/mol. The monoisotopic (exact) mass is 274 g/mol. The number of hydrogen-bond donors (Lipinski definition) is 1. The lowest BCUT2D eigenvalue weighted by Gasteiger charge is -2.43. The van der Waals surface area contributed by atoms with Crippen molar-refractivity contribution < 1.29 is 14.7 Å². The number of amides is 2. The molecule has 2 amide bonds. The van der Waals surface area contributed by atoms with Crippen molar-refractivity contribution >= 4 is 11.8 Å². The van der Waals surface area contributed by atoms with E-state index in [1.807, 2.05) is 0 Å². The number of nitrogens with zero attached hydrogens (tertiary/aromatic N) is 2. The molecule has 0 bridgehead atoms. The summed E-state index contributed by atoms with van der Waals surface area (Å²) < 4.78 is 0. The van der Waals surface area contributed by atoms with Crippen LogP contribution in [0.5, 0.6) is 0 Å². The van der Waals surface area contributed by atoms with E-state index in [1.165, 1.54) is 17.3 Å². The van der Waals surface area contributed by atoms with Gasteiger partial charge in [-0.15, -0.1) is 0 Å². The number of aromatic nitrogens is 1. The van der Waals surface area contributed by atoms with Gasteiger partial charge in [-0.1, -0.05) is 6.92 Å². The molecule has 1 N–H and O–H groups in total. The van der Waals surface area contributed by atoms with Gasteiger partial charge in [0.1, 0.15) is 0 Å². The molecule has 1 aromatic rings. The number of fused-ring (bicyclic) bond motifs is 1. The Hall–Kier alpha value is -1.75. The van der Waals surface area contributed by atoms with Crippen molar-refractivity contribution in [1.82, 2.24) is 9.88 Å². The van der Waals surface area contributed by atoms with Crippen LogP contribution in [0, 0.1) is 5.92 Å². The molecule has 106 valence electrons. The Morgan fingerprint density at radius 2 is 1.95 bits per heavy atom. The summed E-state index contributed by atoms with van der Waals surface area (Å²) in [7, 11) is 0. The maximum Gasteiger partial charge on any atom is 0.263 e. The third kappa shape index (κ3) is 1.77. The number of carbonyl (C=O) groups is 2. The molecular formula is C15H18N2O3. The van der Waals surface area contributed by atoms with Gasteiger partial charge in [0.2, 0.25) is 0 Å². The zero-order valence-corrected chi connectivity index (χ0v) is 11.5. The van der Waals surface area contributed by atoms with Crippen molar-refractivity contribution in [3.63, 3.8) is 0 Å². The van der Waals surface area contributed by atoms with Crippen LogP contribution in [0.2, 0.25) is 0 Å². The van der Waals surface area contributed by atoms with Gasteiger partial charge in [0.15, 0.2) is 0 Å². The molecule has 0 radical (unpaired) electrons. The van der Waals surface area contributed by atoms with Crippen molar-refractivity contribution in [3.05, 3.63) is 29.6 Å². The van der Waals surface area contributed by atoms with Crippen LogP contribution < -0.4 is 0 Å². The lowest BCUT2D eigenvalue weighted by molar-refractivity contribution is 0.00611. The van der Waals surface area contributed by atoms with E-state index in [2.05, 4.69) is 11.9 Å². The highest BCUT2D eigenvalue weighted by Crippen LogP contribution is 2.40. The Balaban J connectivity index is 1.99. The molecule has 20 heavy (non-hydrogen) atoms. The third-order valence-electron chi connectivity index (χ3n) is 4.66. The minimum Gasteiger partial charge on any atom is -0.394 e. The van der Waals surface area contributed by atoms with Crippen LogP contribution in [0.3, 0.4) is 0 Å². The van der Waals surface area contributed by atoms with Crippen LogP contribution in [0.1, 0.15) is 53.3 Å². The molecule has 2 heterocycles. The number of aliphatic hydroxyl groups is 1. The lowest BCUT2D eigenvalue weighted by Crippen LogP contribution is -2.56. The molecule has 1 aromatic heterocycles. The van der Waals surface area contributed by atoms with Gasteiger partial charge in [-0.25, -0.2) is 0 Å². The van der Waals surface area contributed by atoms with Gasteiger partial charge in [0, 0.05) is 12.4 Å². The quantitative estimate of drug-likeness (QED) is 0.832. The first-order valence-electron chi connectivity index (χ1n) is 7.03. The number of carbonyl (C=O) groups excluding carboxylic acids is 2. The zero-order valence-electron chi connectivity index (χ0n) is 11.5. The van der Waals surface area contributed by atoms with E-state index in [9.17, 15) is 14.7 Å². The maximum atomic E-state index is 12.5. The van der Waals surface area contributed by atoms with E-state index < -0.39 is 5.54 Å². The number of imide groups is 1. The van der Waals surface area contributed by atoms with Crippen LogP contribution in [0.4, 0.5) is 0 Å². The first-order chi connectivity index (χ1) is 9.59. The fourth-order valence-electron chi connectivity index (χ4n) is 3.27. The summed E-state index contributed by atoms with van der Waals surface area (Å²) in [5.74, 6) is -0.0377. The second kappa shape index (κ2) is 4.66. The highest BCUT2D eigenvalue weighted by atomic mass is 16.3. The van der Waals surface area contributed by atoms with Gasteiger partial charge < -0.3 is 5.11 Å². The molecule has 0 spiro atoms. The van der Waals surface area contributed by atoms with Crippen molar-refractivity contribution in [2.24, 2.45) is 5.92 Å². The SMILES string of the molecule is CC1CCC(CO)(N2C(=O)c3ccncc3C2=O)CC1. The molecule has 5 nitrogen and oxygen atoms in total. The lowest BCUT2D eigenvalue weighted by atomic mass is 9.76. The zero-order chi connectivity index (χ0) is 14.3.